The third-order valence-electron chi connectivity index (χ3n) is 4.55. The molecule has 2 N–H and O–H groups in total. The Morgan fingerprint density at radius 3 is 2.54 bits per heavy atom. The van der Waals surface area contributed by atoms with Gasteiger partial charge >= 0.3 is 6.18 Å². The van der Waals surface area contributed by atoms with Crippen LogP contribution in [0, 0.1) is 0 Å². The zero-order valence-corrected chi connectivity index (χ0v) is 15.7. The molecule has 1 aromatic rings. The summed E-state index contributed by atoms with van der Waals surface area (Å²) in [4.78, 5) is 20.3. The molecule has 2 saturated heterocycles. The minimum Gasteiger partial charge on any atom is -0.378 e. The molecule has 2 aliphatic rings. The number of piperidine rings is 1. The molecule has 0 aromatic carbocycles. The number of alkyl halides is 3. The molecular weight excluding hydrogens is 396 g/mol. The monoisotopic (exact) mass is 418 g/mol. The number of carbonyl (C=O) groups is 1. The summed E-state index contributed by atoms with van der Waals surface area (Å²) in [5, 5.41) is 3.25. The number of imidazole rings is 1. The Hall–Kier alpha value is -1.03. The Balaban J connectivity index is 0.00000169. The molecule has 0 aliphatic carbocycles. The molecular formula is C15H23Cl2F3N4O2. The van der Waals surface area contributed by atoms with E-state index in [0.717, 1.165) is 12.7 Å². The zero-order chi connectivity index (χ0) is 17.2. The van der Waals surface area contributed by atoms with E-state index in [9.17, 15) is 18.0 Å². The lowest BCUT2D eigenvalue weighted by atomic mass is 9.95. The molecule has 3 heterocycles. The quantitative estimate of drug-likeness (QED) is 0.790. The van der Waals surface area contributed by atoms with E-state index < -0.39 is 11.9 Å². The summed E-state index contributed by atoms with van der Waals surface area (Å²) in [7, 11) is 0. The van der Waals surface area contributed by atoms with Crippen molar-refractivity contribution < 1.29 is 22.7 Å². The van der Waals surface area contributed by atoms with Gasteiger partial charge in [0.05, 0.1) is 19.4 Å². The maximum Gasteiger partial charge on any atom is 0.432 e. The molecule has 6 nitrogen and oxygen atoms in total. The van der Waals surface area contributed by atoms with Crippen LogP contribution in [0.4, 0.5) is 13.2 Å². The number of hydrogen-bond acceptors (Lipinski definition) is 4. The Kier molecular flexibility index (Phi) is 8.65. The van der Waals surface area contributed by atoms with Gasteiger partial charge in [-0.25, -0.2) is 4.98 Å². The Bertz CT molecular complexity index is 571. The van der Waals surface area contributed by atoms with E-state index in [-0.39, 0.29) is 42.7 Å². The SMILES string of the molecule is Cl.Cl.O=C(CC1COCCN1)N1CCC(c2ncc(C(F)(F)F)[nH]2)CC1. The molecule has 0 saturated carbocycles. The molecule has 1 amide bonds. The maximum atomic E-state index is 12.6. The van der Waals surface area contributed by atoms with E-state index in [1.54, 1.807) is 4.90 Å². The number of nitrogens with one attached hydrogen (secondary N) is 2. The smallest absolute Gasteiger partial charge is 0.378 e. The fraction of sp³-hybridized carbons (Fsp3) is 0.733. The topological polar surface area (TPSA) is 70.2 Å². The van der Waals surface area contributed by atoms with Crippen LogP contribution in [0.1, 0.15) is 36.7 Å². The molecule has 3 rings (SSSR count). The third kappa shape index (κ3) is 5.73. The number of amides is 1. The van der Waals surface area contributed by atoms with Gasteiger partial charge < -0.3 is 19.9 Å². The molecule has 1 atom stereocenters. The lowest BCUT2D eigenvalue weighted by Gasteiger charge is -2.33. The highest BCUT2D eigenvalue weighted by Crippen LogP contribution is 2.31. The molecule has 11 heteroatoms. The lowest BCUT2D eigenvalue weighted by Crippen LogP contribution is -2.46. The lowest BCUT2D eigenvalue weighted by molar-refractivity contribution is -0.141. The van der Waals surface area contributed by atoms with Crippen LogP contribution in [-0.4, -0.2) is 59.7 Å². The molecule has 0 bridgehead atoms. The summed E-state index contributed by atoms with van der Waals surface area (Å²) in [6, 6.07) is 0.0448. The number of rotatable bonds is 3. The second-order valence-electron chi connectivity index (χ2n) is 6.27. The van der Waals surface area contributed by atoms with Crippen LogP contribution in [0.25, 0.3) is 0 Å². The van der Waals surface area contributed by atoms with Crippen LogP contribution in [0.5, 0.6) is 0 Å². The molecule has 0 spiro atoms. The Labute approximate surface area is 162 Å². The minimum absolute atomic E-state index is 0. The van der Waals surface area contributed by atoms with Crippen molar-refractivity contribution in [2.45, 2.75) is 37.4 Å². The molecule has 0 radical (unpaired) electrons. The van der Waals surface area contributed by atoms with Crippen molar-refractivity contribution in [1.29, 1.82) is 0 Å². The van der Waals surface area contributed by atoms with Crippen molar-refractivity contribution in [3.63, 3.8) is 0 Å². The normalized spacial score (nSPS) is 21.7. The van der Waals surface area contributed by atoms with Gasteiger partial charge in [0.1, 0.15) is 11.5 Å². The molecule has 26 heavy (non-hydrogen) atoms. The van der Waals surface area contributed by atoms with Gasteiger partial charge in [-0.1, -0.05) is 0 Å². The number of ether oxygens (including phenoxy) is 1. The summed E-state index contributed by atoms with van der Waals surface area (Å²) >= 11 is 0. The van der Waals surface area contributed by atoms with Crippen molar-refractivity contribution in [3.8, 4) is 0 Å². The van der Waals surface area contributed by atoms with Crippen LogP contribution in [-0.2, 0) is 15.7 Å². The van der Waals surface area contributed by atoms with Crippen molar-refractivity contribution in [2.75, 3.05) is 32.8 Å². The van der Waals surface area contributed by atoms with Gasteiger partial charge in [-0.3, -0.25) is 4.79 Å². The average Bonchev–Trinajstić information content (AvgIpc) is 3.06. The number of likely N-dealkylation sites (tertiary alicyclic amines) is 1. The number of aromatic amines is 1. The number of aromatic nitrogens is 2. The Morgan fingerprint density at radius 1 is 1.31 bits per heavy atom. The number of H-pyrrole nitrogens is 1. The third-order valence-corrected chi connectivity index (χ3v) is 4.55. The molecule has 1 unspecified atom stereocenters. The standard InChI is InChI=1S/C15H21F3N4O2.2ClH/c16-15(17,18)12-8-20-14(21-12)10-1-4-22(5-2-10)13(23)7-11-9-24-6-3-19-11;;/h8,10-11,19H,1-7,9H2,(H,20,21);2*1H. The van der Waals surface area contributed by atoms with Gasteiger partial charge in [0.2, 0.25) is 5.91 Å². The van der Waals surface area contributed by atoms with Gasteiger partial charge in [0.15, 0.2) is 0 Å². The van der Waals surface area contributed by atoms with E-state index in [1.807, 2.05) is 0 Å². The van der Waals surface area contributed by atoms with Crippen molar-refractivity contribution in [2.24, 2.45) is 0 Å². The van der Waals surface area contributed by atoms with Gasteiger partial charge in [-0.15, -0.1) is 24.8 Å². The first-order valence-electron chi connectivity index (χ1n) is 8.14. The molecule has 1 aromatic heterocycles. The van der Waals surface area contributed by atoms with Gasteiger partial charge in [0, 0.05) is 38.0 Å². The van der Waals surface area contributed by atoms with Gasteiger partial charge in [0.25, 0.3) is 0 Å². The minimum atomic E-state index is -4.41. The van der Waals surface area contributed by atoms with E-state index in [2.05, 4.69) is 15.3 Å². The van der Waals surface area contributed by atoms with Gasteiger partial charge in [-0.2, -0.15) is 13.2 Å². The number of carbonyl (C=O) groups excluding carboxylic acids is 1. The van der Waals surface area contributed by atoms with Crippen LogP contribution < -0.4 is 5.32 Å². The first-order valence-corrected chi connectivity index (χ1v) is 8.14. The second-order valence-corrected chi connectivity index (χ2v) is 6.27. The average molecular weight is 419 g/mol. The van der Waals surface area contributed by atoms with E-state index in [4.69, 9.17) is 4.74 Å². The first kappa shape index (κ1) is 23.0. The predicted octanol–water partition coefficient (Wildman–Crippen LogP) is 2.36. The van der Waals surface area contributed by atoms with Crippen LogP contribution >= 0.6 is 24.8 Å². The van der Waals surface area contributed by atoms with E-state index >= 15 is 0 Å². The van der Waals surface area contributed by atoms with Crippen molar-refractivity contribution in [1.82, 2.24) is 20.2 Å². The zero-order valence-electron chi connectivity index (χ0n) is 14.1. The second kappa shape index (κ2) is 9.77. The summed E-state index contributed by atoms with van der Waals surface area (Å²) in [6.07, 6.45) is -1.95. The molecule has 2 fully saturated rings. The summed E-state index contributed by atoms with van der Waals surface area (Å²) in [5.41, 5.74) is -0.820. The van der Waals surface area contributed by atoms with Crippen molar-refractivity contribution >= 4 is 30.7 Å². The molecule has 2 aliphatic heterocycles. The van der Waals surface area contributed by atoms with Crippen LogP contribution in [0.3, 0.4) is 0 Å². The van der Waals surface area contributed by atoms with E-state index in [1.165, 1.54) is 0 Å². The predicted molar refractivity (Wildman–Crippen MR) is 93.9 cm³/mol. The van der Waals surface area contributed by atoms with E-state index in [0.29, 0.717) is 51.4 Å². The summed E-state index contributed by atoms with van der Waals surface area (Å²) in [6.45, 7) is 3.03. The van der Waals surface area contributed by atoms with Crippen LogP contribution in [0.15, 0.2) is 6.20 Å². The largest absolute Gasteiger partial charge is 0.432 e. The van der Waals surface area contributed by atoms with Crippen LogP contribution in [0.2, 0.25) is 0 Å². The number of nitrogens with zero attached hydrogens (tertiary/aromatic N) is 2. The maximum absolute atomic E-state index is 12.6. The highest BCUT2D eigenvalue weighted by Gasteiger charge is 2.34. The van der Waals surface area contributed by atoms with Gasteiger partial charge in [-0.05, 0) is 12.8 Å². The number of halogens is 5. The number of hydrogen-bond donors (Lipinski definition) is 2. The number of morpholine rings is 1. The highest BCUT2D eigenvalue weighted by atomic mass is 35.5. The fourth-order valence-electron chi connectivity index (χ4n) is 3.18. The summed E-state index contributed by atoms with van der Waals surface area (Å²) in [5.74, 6) is 0.352. The van der Waals surface area contributed by atoms with Crippen molar-refractivity contribution in [3.05, 3.63) is 17.7 Å². The summed E-state index contributed by atoms with van der Waals surface area (Å²) < 4.78 is 43.2. The first-order chi connectivity index (χ1) is 11.4. The fourth-order valence-corrected chi connectivity index (χ4v) is 3.18. The molecule has 150 valence electrons. The highest BCUT2D eigenvalue weighted by molar-refractivity contribution is 5.85. The Morgan fingerprint density at radius 2 is 2.00 bits per heavy atom.